The van der Waals surface area contributed by atoms with E-state index in [-0.39, 0.29) is 5.56 Å². The number of aromatic nitrogens is 4. The average Bonchev–Trinajstić information content (AvgIpc) is 3.22. The van der Waals surface area contributed by atoms with Crippen LogP contribution in [-0.2, 0) is 7.05 Å². The molecule has 2 aromatic carbocycles. The average molecular weight is 500 g/mol. The molecule has 0 unspecified atom stereocenters. The van der Waals surface area contributed by atoms with Gasteiger partial charge in [-0.05, 0) is 30.3 Å². The van der Waals surface area contributed by atoms with E-state index < -0.39 is 24.4 Å². The molecule has 4 rings (SSSR count). The maximum Gasteiger partial charge on any atom is 0.405 e. The molecule has 0 saturated heterocycles. The van der Waals surface area contributed by atoms with Gasteiger partial charge >= 0.3 is 6.18 Å². The van der Waals surface area contributed by atoms with E-state index in [1.54, 1.807) is 43.4 Å². The van der Waals surface area contributed by atoms with Gasteiger partial charge in [0.05, 0.1) is 13.3 Å². The zero-order valence-corrected chi connectivity index (χ0v) is 19.1. The zero-order valence-electron chi connectivity index (χ0n) is 19.1. The molecule has 0 aliphatic rings. The van der Waals surface area contributed by atoms with Crippen LogP contribution in [0.15, 0.2) is 60.9 Å². The SMILES string of the molecule is COc1cc(Nc2nc(-c3ccc(C(=O)NCC(F)(F)F)cc3)nn2C)ccc1-c1ccncc1F. The van der Waals surface area contributed by atoms with E-state index in [0.717, 1.165) is 6.20 Å². The number of hydrogen-bond acceptors (Lipinski definition) is 6. The molecular formula is C24H20F4N6O2. The topological polar surface area (TPSA) is 94.0 Å². The number of carbonyl (C=O) groups is 1. The minimum Gasteiger partial charge on any atom is -0.496 e. The summed E-state index contributed by atoms with van der Waals surface area (Å²) in [7, 11) is 3.16. The van der Waals surface area contributed by atoms with Crippen LogP contribution in [0.3, 0.4) is 0 Å². The summed E-state index contributed by atoms with van der Waals surface area (Å²) in [5.41, 5.74) is 2.16. The van der Waals surface area contributed by atoms with Crippen LogP contribution in [0.1, 0.15) is 10.4 Å². The molecule has 0 saturated carbocycles. The van der Waals surface area contributed by atoms with Gasteiger partial charge < -0.3 is 15.4 Å². The van der Waals surface area contributed by atoms with Gasteiger partial charge in [0.1, 0.15) is 18.1 Å². The van der Waals surface area contributed by atoms with E-state index in [1.165, 1.54) is 30.1 Å². The molecule has 0 aliphatic carbocycles. The van der Waals surface area contributed by atoms with Gasteiger partial charge in [-0.25, -0.2) is 9.07 Å². The van der Waals surface area contributed by atoms with Gasteiger partial charge in [-0.3, -0.25) is 9.78 Å². The second-order valence-electron chi connectivity index (χ2n) is 7.65. The monoisotopic (exact) mass is 500 g/mol. The van der Waals surface area contributed by atoms with Crippen LogP contribution in [0, 0.1) is 5.82 Å². The van der Waals surface area contributed by atoms with Gasteiger partial charge in [-0.15, -0.1) is 5.10 Å². The Labute approximate surface area is 203 Å². The van der Waals surface area contributed by atoms with Crippen molar-refractivity contribution in [3.8, 4) is 28.3 Å². The number of rotatable bonds is 7. The minimum absolute atomic E-state index is 0.0788. The lowest BCUT2D eigenvalue weighted by molar-refractivity contribution is -0.123. The molecule has 2 N–H and O–H groups in total. The Morgan fingerprint density at radius 1 is 1.08 bits per heavy atom. The maximum absolute atomic E-state index is 14.2. The molecule has 0 radical (unpaired) electrons. The van der Waals surface area contributed by atoms with Crippen molar-refractivity contribution < 1.29 is 27.1 Å². The zero-order chi connectivity index (χ0) is 25.9. The summed E-state index contributed by atoms with van der Waals surface area (Å²) in [4.78, 5) is 20.1. The molecule has 0 spiro atoms. The molecule has 0 bridgehead atoms. The number of anilines is 2. The van der Waals surface area contributed by atoms with Crippen LogP contribution in [0.4, 0.5) is 29.2 Å². The summed E-state index contributed by atoms with van der Waals surface area (Å²) in [5.74, 6) is -0.143. The fraction of sp³-hybridized carbons (Fsp3) is 0.167. The molecule has 12 heteroatoms. The first-order valence-corrected chi connectivity index (χ1v) is 10.6. The minimum atomic E-state index is -4.49. The number of carbonyl (C=O) groups excluding carboxylic acids is 1. The van der Waals surface area contributed by atoms with Gasteiger partial charge in [0.2, 0.25) is 5.95 Å². The summed E-state index contributed by atoms with van der Waals surface area (Å²) in [5, 5.41) is 9.29. The number of methoxy groups -OCH3 is 1. The van der Waals surface area contributed by atoms with Gasteiger partial charge in [0.15, 0.2) is 5.82 Å². The largest absolute Gasteiger partial charge is 0.496 e. The van der Waals surface area contributed by atoms with Crippen molar-refractivity contribution in [2.24, 2.45) is 7.05 Å². The van der Waals surface area contributed by atoms with Crippen LogP contribution in [-0.4, -0.2) is 45.5 Å². The normalized spacial score (nSPS) is 11.3. The molecule has 1 amide bonds. The van der Waals surface area contributed by atoms with Crippen LogP contribution in [0.5, 0.6) is 5.75 Å². The van der Waals surface area contributed by atoms with Crippen LogP contribution in [0.25, 0.3) is 22.5 Å². The molecule has 0 aliphatic heterocycles. The Kier molecular flexibility index (Phi) is 6.86. The predicted octanol–water partition coefficient (Wildman–Crippen LogP) is 4.73. The molecule has 2 aromatic heterocycles. The molecule has 4 aromatic rings. The first-order chi connectivity index (χ1) is 17.1. The van der Waals surface area contributed by atoms with Crippen molar-refractivity contribution in [3.63, 3.8) is 0 Å². The van der Waals surface area contributed by atoms with E-state index in [1.807, 2.05) is 5.32 Å². The highest BCUT2D eigenvalue weighted by atomic mass is 19.4. The molecule has 2 heterocycles. The lowest BCUT2D eigenvalue weighted by Crippen LogP contribution is -2.33. The third-order valence-electron chi connectivity index (χ3n) is 5.14. The van der Waals surface area contributed by atoms with Crippen LogP contribution in [0.2, 0.25) is 0 Å². The molecule has 0 fully saturated rings. The second-order valence-corrected chi connectivity index (χ2v) is 7.65. The number of hydrogen-bond donors (Lipinski definition) is 2. The predicted molar refractivity (Wildman–Crippen MR) is 124 cm³/mol. The van der Waals surface area contributed by atoms with Gasteiger partial charge in [0.25, 0.3) is 5.91 Å². The second kappa shape index (κ2) is 10.0. The molecule has 0 atom stereocenters. The van der Waals surface area contributed by atoms with E-state index in [4.69, 9.17) is 4.74 Å². The first-order valence-electron chi connectivity index (χ1n) is 10.6. The fourth-order valence-electron chi connectivity index (χ4n) is 3.38. The highest BCUT2D eigenvalue weighted by molar-refractivity contribution is 5.94. The van der Waals surface area contributed by atoms with Crippen molar-refractivity contribution in [2.45, 2.75) is 6.18 Å². The number of ether oxygens (including phenoxy) is 1. The van der Waals surface area contributed by atoms with Crippen LogP contribution < -0.4 is 15.4 Å². The quantitative estimate of drug-likeness (QED) is 0.357. The van der Waals surface area contributed by atoms with Crippen LogP contribution >= 0.6 is 0 Å². The number of halogens is 4. The standard InChI is InChI=1S/C24H20F4N6O2/c1-34-23(31-16-7-8-18(20(11-16)36-2)17-9-10-29-12-19(17)25)32-21(33-34)14-3-5-15(6-4-14)22(35)30-13-24(26,27)28/h3-12H,13H2,1-2H3,(H,30,35)(H,31,32,33). The van der Waals surface area contributed by atoms with Crippen molar-refractivity contribution in [1.82, 2.24) is 25.1 Å². The molecule has 36 heavy (non-hydrogen) atoms. The molecular weight excluding hydrogens is 480 g/mol. The molecule has 186 valence electrons. The smallest absolute Gasteiger partial charge is 0.405 e. The van der Waals surface area contributed by atoms with E-state index >= 15 is 0 Å². The molecule has 8 nitrogen and oxygen atoms in total. The van der Waals surface area contributed by atoms with Gasteiger partial charge in [-0.2, -0.15) is 18.2 Å². The Morgan fingerprint density at radius 2 is 1.83 bits per heavy atom. The summed E-state index contributed by atoms with van der Waals surface area (Å²) < 4.78 is 58.0. The third kappa shape index (κ3) is 5.59. The first kappa shape index (κ1) is 24.6. The van der Waals surface area contributed by atoms with Crippen molar-refractivity contribution in [2.75, 3.05) is 19.0 Å². The van der Waals surface area contributed by atoms with E-state index in [0.29, 0.717) is 39.9 Å². The number of nitrogens with zero attached hydrogens (tertiary/aromatic N) is 4. The van der Waals surface area contributed by atoms with Crippen molar-refractivity contribution in [3.05, 3.63) is 72.3 Å². The van der Waals surface area contributed by atoms with Gasteiger partial charge in [-0.1, -0.05) is 12.1 Å². The number of pyridine rings is 1. The summed E-state index contributed by atoms with van der Waals surface area (Å²) in [6.45, 7) is -1.41. The Bertz CT molecular complexity index is 1390. The van der Waals surface area contributed by atoms with Crippen molar-refractivity contribution >= 4 is 17.5 Å². The highest BCUT2D eigenvalue weighted by Crippen LogP contribution is 2.34. The lowest BCUT2D eigenvalue weighted by atomic mass is 10.0. The van der Waals surface area contributed by atoms with E-state index in [2.05, 4.69) is 20.4 Å². The Hall–Kier alpha value is -4.48. The number of benzene rings is 2. The Morgan fingerprint density at radius 3 is 2.50 bits per heavy atom. The van der Waals surface area contributed by atoms with Gasteiger partial charge in [0, 0.05) is 47.3 Å². The number of amides is 1. The maximum atomic E-state index is 14.2. The van der Waals surface area contributed by atoms with Crippen molar-refractivity contribution in [1.29, 1.82) is 0 Å². The Balaban J connectivity index is 1.51. The summed E-state index contributed by atoms with van der Waals surface area (Å²) in [6, 6.07) is 12.6. The fourth-order valence-corrected chi connectivity index (χ4v) is 3.38. The van der Waals surface area contributed by atoms with E-state index in [9.17, 15) is 22.4 Å². The summed E-state index contributed by atoms with van der Waals surface area (Å²) in [6.07, 6.45) is -1.87. The lowest BCUT2D eigenvalue weighted by Gasteiger charge is -2.12. The summed E-state index contributed by atoms with van der Waals surface area (Å²) >= 11 is 0. The number of nitrogens with one attached hydrogen (secondary N) is 2. The third-order valence-corrected chi connectivity index (χ3v) is 5.14. The number of aryl methyl sites for hydroxylation is 1. The number of alkyl halides is 3. The highest BCUT2D eigenvalue weighted by Gasteiger charge is 2.28.